The van der Waals surface area contributed by atoms with Crippen LogP contribution in [0.1, 0.15) is 49.4 Å². The number of anilines is 2. The summed E-state index contributed by atoms with van der Waals surface area (Å²) in [6.07, 6.45) is 1.96. The molecule has 3 rings (SSSR count). The average molecular weight is 282 g/mol. The van der Waals surface area contributed by atoms with E-state index < -0.39 is 0 Å². The van der Waals surface area contributed by atoms with Gasteiger partial charge < -0.3 is 10.6 Å². The topological polar surface area (TPSA) is 49.8 Å². The van der Waals surface area contributed by atoms with Gasteiger partial charge in [0, 0.05) is 25.0 Å². The van der Waals surface area contributed by atoms with Gasteiger partial charge in [-0.3, -0.25) is 0 Å². The lowest BCUT2D eigenvalue weighted by atomic mass is 9.98. The van der Waals surface area contributed by atoms with Crippen LogP contribution in [0.25, 0.3) is 0 Å². The minimum atomic E-state index is 0.480. The predicted molar refractivity (Wildman–Crippen MR) is 86.0 cm³/mol. The number of aromatic nitrogens is 2. The highest BCUT2D eigenvalue weighted by Crippen LogP contribution is 2.23. The first kappa shape index (κ1) is 14.0. The molecule has 2 aromatic rings. The van der Waals surface area contributed by atoms with E-state index in [1.54, 1.807) is 0 Å². The van der Waals surface area contributed by atoms with Crippen LogP contribution in [0, 0.1) is 0 Å². The van der Waals surface area contributed by atoms with Crippen molar-refractivity contribution in [2.75, 3.05) is 11.9 Å². The van der Waals surface area contributed by atoms with Crippen LogP contribution in [0.15, 0.2) is 30.5 Å². The summed E-state index contributed by atoms with van der Waals surface area (Å²) < 4.78 is 0. The molecule has 0 radical (unpaired) electrons. The van der Waals surface area contributed by atoms with Crippen molar-refractivity contribution in [2.24, 2.45) is 0 Å². The normalized spacial score (nSPS) is 17.6. The van der Waals surface area contributed by atoms with Gasteiger partial charge in [0.15, 0.2) is 0 Å². The molecule has 2 N–H and O–H groups in total. The Hall–Kier alpha value is -1.94. The Kier molecular flexibility index (Phi) is 3.88. The lowest BCUT2D eigenvalue weighted by molar-refractivity contribution is 0.556. The van der Waals surface area contributed by atoms with Gasteiger partial charge in [-0.05, 0) is 35.1 Å². The van der Waals surface area contributed by atoms with Crippen molar-refractivity contribution in [3.05, 3.63) is 47.3 Å². The number of nitrogens with zero attached hydrogens (tertiary/aromatic N) is 2. The summed E-state index contributed by atoms with van der Waals surface area (Å²) in [6, 6.07) is 8.46. The van der Waals surface area contributed by atoms with Crippen molar-refractivity contribution >= 4 is 11.6 Å². The van der Waals surface area contributed by atoms with Gasteiger partial charge in [-0.2, -0.15) is 0 Å². The molecule has 1 atom stereocenters. The van der Waals surface area contributed by atoms with Crippen molar-refractivity contribution in [3.63, 3.8) is 0 Å². The maximum absolute atomic E-state index is 4.63. The molecule has 0 fully saturated rings. The number of hydrogen-bond acceptors (Lipinski definition) is 4. The Bertz CT molecular complexity index is 619. The molecule has 110 valence electrons. The lowest BCUT2D eigenvalue weighted by Gasteiger charge is -2.22. The van der Waals surface area contributed by atoms with E-state index in [1.807, 2.05) is 6.20 Å². The number of hydrogen-bond donors (Lipinski definition) is 2. The van der Waals surface area contributed by atoms with Crippen molar-refractivity contribution in [1.29, 1.82) is 0 Å². The third kappa shape index (κ3) is 3.05. The van der Waals surface area contributed by atoms with Crippen LogP contribution >= 0.6 is 0 Å². The predicted octanol–water partition coefficient (Wildman–Crippen LogP) is 3.55. The average Bonchev–Trinajstić information content (AvgIpc) is 2.48. The van der Waals surface area contributed by atoms with Gasteiger partial charge in [-0.25, -0.2) is 9.97 Å². The van der Waals surface area contributed by atoms with E-state index in [0.29, 0.717) is 17.8 Å². The number of benzene rings is 1. The Morgan fingerprint density at radius 3 is 2.71 bits per heavy atom. The van der Waals surface area contributed by atoms with Gasteiger partial charge in [0.2, 0.25) is 5.95 Å². The second kappa shape index (κ2) is 5.82. The molecule has 1 aromatic heterocycles. The highest BCUT2D eigenvalue weighted by atomic mass is 15.1. The maximum atomic E-state index is 4.63. The van der Waals surface area contributed by atoms with Crippen LogP contribution < -0.4 is 10.6 Å². The monoisotopic (exact) mass is 282 g/mol. The zero-order chi connectivity index (χ0) is 14.8. The first-order valence-electron chi connectivity index (χ1n) is 7.57. The molecule has 0 saturated heterocycles. The summed E-state index contributed by atoms with van der Waals surface area (Å²) in [5.41, 5.74) is 4.72. The molecule has 1 aromatic carbocycles. The number of rotatable bonds is 3. The van der Waals surface area contributed by atoms with Gasteiger partial charge in [-0.15, -0.1) is 0 Å². The molecule has 2 heterocycles. The molecule has 1 aliphatic rings. The molecule has 0 spiro atoms. The first-order chi connectivity index (χ1) is 10.1. The second-order valence-corrected chi connectivity index (χ2v) is 6.03. The van der Waals surface area contributed by atoms with Crippen LogP contribution in [0.3, 0.4) is 0 Å². The van der Waals surface area contributed by atoms with Crippen LogP contribution in [-0.4, -0.2) is 16.5 Å². The van der Waals surface area contributed by atoms with E-state index in [4.69, 9.17) is 0 Å². The molecular formula is C17H22N4. The molecule has 0 saturated carbocycles. The number of nitrogens with one attached hydrogen (secondary N) is 2. The molecular weight excluding hydrogens is 260 g/mol. The van der Waals surface area contributed by atoms with Crippen molar-refractivity contribution in [2.45, 2.75) is 39.2 Å². The SMILES string of the molecule is CC(C)c1ccc(Nc2ncc3c(n2)CNCC3C)cc1. The largest absolute Gasteiger partial charge is 0.324 e. The van der Waals surface area contributed by atoms with Crippen molar-refractivity contribution in [1.82, 2.24) is 15.3 Å². The molecule has 4 nitrogen and oxygen atoms in total. The summed E-state index contributed by atoms with van der Waals surface area (Å²) in [5, 5.41) is 6.67. The zero-order valence-corrected chi connectivity index (χ0v) is 12.9. The standard InChI is InChI=1S/C17H22N4/c1-11(2)13-4-6-14(7-5-13)20-17-19-9-15-12(3)8-18-10-16(15)21-17/h4-7,9,11-12,18H,8,10H2,1-3H3,(H,19,20,21). The van der Waals surface area contributed by atoms with Crippen LogP contribution in [0.4, 0.5) is 11.6 Å². The summed E-state index contributed by atoms with van der Waals surface area (Å²) in [6.45, 7) is 8.42. The van der Waals surface area contributed by atoms with Gasteiger partial charge in [-0.1, -0.05) is 32.9 Å². The second-order valence-electron chi connectivity index (χ2n) is 6.03. The quantitative estimate of drug-likeness (QED) is 0.904. The van der Waals surface area contributed by atoms with E-state index in [1.165, 1.54) is 11.1 Å². The van der Waals surface area contributed by atoms with E-state index in [9.17, 15) is 0 Å². The molecule has 4 heteroatoms. The van der Waals surface area contributed by atoms with Crippen molar-refractivity contribution in [3.8, 4) is 0 Å². The third-order valence-electron chi connectivity index (χ3n) is 4.01. The lowest BCUT2D eigenvalue weighted by Crippen LogP contribution is -2.28. The van der Waals surface area contributed by atoms with Crippen LogP contribution in [-0.2, 0) is 6.54 Å². The fourth-order valence-corrected chi connectivity index (χ4v) is 2.64. The summed E-state index contributed by atoms with van der Waals surface area (Å²) in [4.78, 5) is 9.08. The Morgan fingerprint density at radius 2 is 2.00 bits per heavy atom. The smallest absolute Gasteiger partial charge is 0.227 e. The summed E-state index contributed by atoms with van der Waals surface area (Å²) >= 11 is 0. The van der Waals surface area contributed by atoms with Gasteiger partial charge in [0.25, 0.3) is 0 Å². The fraction of sp³-hybridized carbons (Fsp3) is 0.412. The molecule has 0 amide bonds. The molecule has 0 bridgehead atoms. The fourth-order valence-electron chi connectivity index (χ4n) is 2.64. The Morgan fingerprint density at radius 1 is 1.24 bits per heavy atom. The van der Waals surface area contributed by atoms with Crippen LogP contribution in [0.5, 0.6) is 0 Å². The summed E-state index contributed by atoms with van der Waals surface area (Å²) in [7, 11) is 0. The summed E-state index contributed by atoms with van der Waals surface area (Å²) in [5.74, 6) is 1.70. The Balaban J connectivity index is 1.79. The molecule has 1 aliphatic heterocycles. The maximum Gasteiger partial charge on any atom is 0.227 e. The van der Waals surface area contributed by atoms with Crippen molar-refractivity contribution < 1.29 is 0 Å². The highest BCUT2D eigenvalue weighted by Gasteiger charge is 2.18. The third-order valence-corrected chi connectivity index (χ3v) is 4.01. The van der Waals surface area contributed by atoms with Gasteiger partial charge in [0.05, 0.1) is 5.69 Å². The minimum Gasteiger partial charge on any atom is -0.324 e. The van der Waals surface area contributed by atoms with Gasteiger partial charge >= 0.3 is 0 Å². The zero-order valence-electron chi connectivity index (χ0n) is 12.9. The van der Waals surface area contributed by atoms with E-state index >= 15 is 0 Å². The molecule has 1 unspecified atom stereocenters. The van der Waals surface area contributed by atoms with E-state index in [0.717, 1.165) is 24.5 Å². The minimum absolute atomic E-state index is 0.480. The first-order valence-corrected chi connectivity index (χ1v) is 7.57. The number of fused-ring (bicyclic) bond motifs is 1. The molecule has 0 aliphatic carbocycles. The highest BCUT2D eigenvalue weighted by molar-refractivity contribution is 5.54. The Labute approximate surface area is 126 Å². The van der Waals surface area contributed by atoms with Crippen LogP contribution in [0.2, 0.25) is 0 Å². The van der Waals surface area contributed by atoms with Gasteiger partial charge in [0.1, 0.15) is 0 Å². The van der Waals surface area contributed by atoms with E-state index in [2.05, 4.69) is 65.6 Å². The molecule has 21 heavy (non-hydrogen) atoms. The van der Waals surface area contributed by atoms with E-state index in [-0.39, 0.29) is 0 Å².